The fourth-order valence-electron chi connectivity index (χ4n) is 2.36. The van der Waals surface area contributed by atoms with Crippen molar-refractivity contribution in [2.45, 2.75) is 13.8 Å². The van der Waals surface area contributed by atoms with Crippen LogP contribution in [0, 0.1) is 13.8 Å². The first-order chi connectivity index (χ1) is 12.4. The summed E-state index contributed by atoms with van der Waals surface area (Å²) in [5.41, 5.74) is 2.69. The van der Waals surface area contributed by atoms with Crippen molar-refractivity contribution in [1.29, 1.82) is 0 Å². The zero-order valence-corrected chi connectivity index (χ0v) is 16.6. The number of ether oxygens (including phenoxy) is 3. The molecule has 0 spiro atoms. The summed E-state index contributed by atoms with van der Waals surface area (Å²) in [5, 5.41) is 2.74. The highest BCUT2D eigenvalue weighted by Crippen LogP contribution is 2.29. The van der Waals surface area contributed by atoms with Gasteiger partial charge in [0.2, 0.25) is 0 Å². The number of hydrogen-bond acceptors (Lipinski definition) is 5. The second-order valence-electron chi connectivity index (χ2n) is 5.58. The molecule has 0 aliphatic rings. The van der Waals surface area contributed by atoms with E-state index in [-0.39, 0.29) is 5.56 Å². The third kappa shape index (κ3) is 4.54. The molecule has 1 amide bonds. The molecule has 0 heterocycles. The minimum atomic E-state index is -0.696. The minimum Gasteiger partial charge on any atom is -0.496 e. The molecule has 2 aromatic rings. The van der Waals surface area contributed by atoms with Crippen molar-refractivity contribution in [3.8, 4) is 11.5 Å². The van der Waals surface area contributed by atoms with Gasteiger partial charge in [0.1, 0.15) is 17.1 Å². The SMILES string of the molecule is COc1cccc(OC)c1C(=O)OCC(=O)Nc1cc(C)c(Br)cc1C. The van der Waals surface area contributed by atoms with Crippen LogP contribution in [0.4, 0.5) is 5.69 Å². The molecule has 26 heavy (non-hydrogen) atoms. The fourth-order valence-corrected chi connectivity index (χ4v) is 2.82. The van der Waals surface area contributed by atoms with Gasteiger partial charge in [0, 0.05) is 10.2 Å². The molecule has 2 rings (SSSR count). The number of carbonyl (C=O) groups is 2. The van der Waals surface area contributed by atoms with E-state index >= 15 is 0 Å². The van der Waals surface area contributed by atoms with Crippen molar-refractivity contribution >= 4 is 33.5 Å². The lowest BCUT2D eigenvalue weighted by atomic mass is 10.1. The number of anilines is 1. The van der Waals surface area contributed by atoms with E-state index in [1.165, 1.54) is 14.2 Å². The van der Waals surface area contributed by atoms with Crippen molar-refractivity contribution in [3.05, 3.63) is 51.5 Å². The smallest absolute Gasteiger partial charge is 0.346 e. The summed E-state index contributed by atoms with van der Waals surface area (Å²) in [6.45, 7) is 3.38. The Balaban J connectivity index is 2.06. The Morgan fingerprint density at radius 1 is 1.04 bits per heavy atom. The number of methoxy groups -OCH3 is 2. The second-order valence-corrected chi connectivity index (χ2v) is 6.43. The molecule has 0 aliphatic carbocycles. The monoisotopic (exact) mass is 421 g/mol. The molecular weight excluding hydrogens is 402 g/mol. The first-order valence-corrected chi connectivity index (χ1v) is 8.61. The Hall–Kier alpha value is -2.54. The zero-order chi connectivity index (χ0) is 19.3. The van der Waals surface area contributed by atoms with Crippen LogP contribution in [0.3, 0.4) is 0 Å². The van der Waals surface area contributed by atoms with E-state index in [2.05, 4.69) is 21.2 Å². The van der Waals surface area contributed by atoms with Gasteiger partial charge in [-0.2, -0.15) is 0 Å². The topological polar surface area (TPSA) is 73.9 Å². The van der Waals surface area contributed by atoms with E-state index in [4.69, 9.17) is 14.2 Å². The summed E-state index contributed by atoms with van der Waals surface area (Å²) in [6, 6.07) is 8.69. The number of nitrogens with one attached hydrogen (secondary N) is 1. The summed E-state index contributed by atoms with van der Waals surface area (Å²) in [4.78, 5) is 24.5. The van der Waals surface area contributed by atoms with Crippen molar-refractivity contribution in [1.82, 2.24) is 0 Å². The second kappa shape index (κ2) is 8.71. The zero-order valence-electron chi connectivity index (χ0n) is 15.0. The minimum absolute atomic E-state index is 0.140. The average Bonchev–Trinajstić information content (AvgIpc) is 2.63. The molecule has 0 aromatic heterocycles. The number of amides is 1. The molecule has 138 valence electrons. The van der Waals surface area contributed by atoms with Crippen LogP contribution in [0.25, 0.3) is 0 Å². The van der Waals surface area contributed by atoms with Crippen molar-refractivity contribution < 1.29 is 23.8 Å². The highest BCUT2D eigenvalue weighted by Gasteiger charge is 2.20. The van der Waals surface area contributed by atoms with Crippen LogP contribution in [0.5, 0.6) is 11.5 Å². The van der Waals surface area contributed by atoms with E-state index in [1.54, 1.807) is 18.2 Å². The van der Waals surface area contributed by atoms with Crippen molar-refractivity contribution in [2.75, 3.05) is 26.1 Å². The molecule has 2 aromatic carbocycles. The number of aryl methyl sites for hydroxylation is 2. The number of hydrogen-bond donors (Lipinski definition) is 1. The molecule has 0 atom stereocenters. The number of esters is 1. The number of benzene rings is 2. The molecule has 1 N–H and O–H groups in total. The fraction of sp³-hybridized carbons (Fsp3) is 0.263. The summed E-state index contributed by atoms with van der Waals surface area (Å²) < 4.78 is 16.4. The van der Waals surface area contributed by atoms with E-state index < -0.39 is 18.5 Å². The Labute approximate surface area is 160 Å². The maximum Gasteiger partial charge on any atom is 0.346 e. The Kier molecular flexibility index (Phi) is 6.63. The molecule has 0 aliphatic heterocycles. The van der Waals surface area contributed by atoms with Gasteiger partial charge in [0.05, 0.1) is 14.2 Å². The van der Waals surface area contributed by atoms with Crippen LogP contribution in [0.15, 0.2) is 34.8 Å². The summed E-state index contributed by atoms with van der Waals surface area (Å²) in [7, 11) is 2.88. The molecule has 0 radical (unpaired) electrons. The molecule has 0 saturated carbocycles. The molecule has 7 heteroatoms. The third-order valence-electron chi connectivity index (χ3n) is 3.75. The van der Waals surface area contributed by atoms with Crippen molar-refractivity contribution in [2.24, 2.45) is 0 Å². The van der Waals surface area contributed by atoms with E-state index in [1.807, 2.05) is 26.0 Å². The van der Waals surface area contributed by atoms with Gasteiger partial charge in [-0.15, -0.1) is 0 Å². The molecule has 0 bridgehead atoms. The lowest BCUT2D eigenvalue weighted by Crippen LogP contribution is -2.22. The molecule has 0 unspecified atom stereocenters. The van der Waals surface area contributed by atoms with Crippen LogP contribution >= 0.6 is 15.9 Å². The van der Waals surface area contributed by atoms with E-state index in [9.17, 15) is 9.59 Å². The largest absolute Gasteiger partial charge is 0.496 e. The summed E-state index contributed by atoms with van der Waals surface area (Å²) in [5.74, 6) is -0.501. The first-order valence-electron chi connectivity index (χ1n) is 7.82. The predicted octanol–water partition coefficient (Wildman–Crippen LogP) is 3.88. The summed E-state index contributed by atoms with van der Waals surface area (Å²) >= 11 is 3.44. The third-order valence-corrected chi connectivity index (χ3v) is 4.60. The van der Waals surface area contributed by atoms with E-state index in [0.717, 1.165) is 15.6 Å². The maximum atomic E-state index is 12.4. The lowest BCUT2D eigenvalue weighted by Gasteiger charge is -2.13. The standard InChI is InChI=1S/C19H20BrNO5/c1-11-9-14(12(2)8-13(11)20)21-17(22)10-26-19(23)18-15(24-3)6-5-7-16(18)25-4/h5-9H,10H2,1-4H3,(H,21,22). The molecule has 6 nitrogen and oxygen atoms in total. The van der Waals surface area contributed by atoms with Crippen LogP contribution in [0.1, 0.15) is 21.5 Å². The lowest BCUT2D eigenvalue weighted by molar-refractivity contribution is -0.119. The van der Waals surface area contributed by atoms with Gasteiger partial charge in [-0.3, -0.25) is 4.79 Å². The van der Waals surface area contributed by atoms with Gasteiger partial charge in [-0.25, -0.2) is 4.79 Å². The van der Waals surface area contributed by atoms with Gasteiger partial charge >= 0.3 is 5.97 Å². The molecular formula is C19H20BrNO5. The van der Waals surface area contributed by atoms with E-state index in [0.29, 0.717) is 17.2 Å². The quantitative estimate of drug-likeness (QED) is 0.716. The Morgan fingerprint density at radius 3 is 2.23 bits per heavy atom. The number of halogens is 1. The average molecular weight is 422 g/mol. The number of rotatable bonds is 6. The van der Waals surface area contributed by atoms with Crippen LogP contribution in [0.2, 0.25) is 0 Å². The normalized spacial score (nSPS) is 10.2. The van der Waals surface area contributed by atoms with Crippen molar-refractivity contribution in [3.63, 3.8) is 0 Å². The van der Waals surface area contributed by atoms with Gasteiger partial charge in [0.15, 0.2) is 6.61 Å². The van der Waals surface area contributed by atoms with Crippen LogP contribution in [-0.4, -0.2) is 32.7 Å². The molecule has 0 saturated heterocycles. The highest BCUT2D eigenvalue weighted by molar-refractivity contribution is 9.10. The Morgan fingerprint density at radius 2 is 1.65 bits per heavy atom. The van der Waals surface area contributed by atoms with Gasteiger partial charge in [0.25, 0.3) is 5.91 Å². The summed E-state index contributed by atoms with van der Waals surface area (Å²) in [6.07, 6.45) is 0. The van der Waals surface area contributed by atoms with Crippen LogP contribution < -0.4 is 14.8 Å². The first kappa shape index (κ1) is 19.8. The van der Waals surface area contributed by atoms with Gasteiger partial charge in [-0.1, -0.05) is 22.0 Å². The van der Waals surface area contributed by atoms with Crippen LogP contribution in [-0.2, 0) is 9.53 Å². The van der Waals surface area contributed by atoms with Gasteiger partial charge < -0.3 is 19.5 Å². The molecule has 0 fully saturated rings. The maximum absolute atomic E-state index is 12.4. The number of carbonyl (C=O) groups excluding carboxylic acids is 2. The Bertz CT molecular complexity index is 813. The van der Waals surface area contributed by atoms with Gasteiger partial charge in [-0.05, 0) is 49.2 Å². The highest BCUT2D eigenvalue weighted by atomic mass is 79.9. The predicted molar refractivity (Wildman–Crippen MR) is 102 cm³/mol.